The van der Waals surface area contributed by atoms with Gasteiger partial charge >= 0.3 is 0 Å². The van der Waals surface area contributed by atoms with Gasteiger partial charge in [-0.25, -0.2) is 4.98 Å². The van der Waals surface area contributed by atoms with Crippen LogP contribution in [-0.2, 0) is 20.2 Å². The molecule has 0 spiro atoms. The number of carbonyl (C=O) groups is 2. The topological polar surface area (TPSA) is 180 Å². The fraction of sp³-hybridized carbons (Fsp3) is 0.364. The van der Waals surface area contributed by atoms with Crippen LogP contribution in [0.1, 0.15) is 21.0 Å². The van der Waals surface area contributed by atoms with Gasteiger partial charge in [-0.15, -0.1) is 0 Å². The van der Waals surface area contributed by atoms with Crippen LogP contribution in [0, 0.1) is 0 Å². The number of hydrogen-bond donors (Lipinski definition) is 4. The molecule has 0 bridgehead atoms. The summed E-state index contributed by atoms with van der Waals surface area (Å²) >= 11 is 0. The molecule has 0 aliphatic rings. The summed E-state index contributed by atoms with van der Waals surface area (Å²) in [7, 11) is -8.43. The summed E-state index contributed by atoms with van der Waals surface area (Å²) in [5, 5.41) is 4.40. The first-order chi connectivity index (χ1) is 11.0. The molecule has 0 aliphatic carbocycles. The van der Waals surface area contributed by atoms with E-state index in [1.807, 2.05) is 0 Å². The van der Waals surface area contributed by atoms with E-state index in [0.29, 0.717) is 0 Å². The van der Waals surface area contributed by atoms with Gasteiger partial charge in [0.2, 0.25) is 0 Å². The monoisotopic (exact) mass is 381 g/mol. The van der Waals surface area contributed by atoms with E-state index in [9.17, 15) is 26.4 Å². The molecule has 0 saturated heterocycles. The molecule has 0 saturated carbocycles. The lowest BCUT2D eigenvalue weighted by Crippen LogP contribution is -2.32. The number of nitrogens with one attached hydrogen (secondary N) is 2. The molecule has 1 rings (SSSR count). The molecule has 2 amide bonds. The van der Waals surface area contributed by atoms with Crippen LogP contribution in [0.4, 0.5) is 0 Å². The first-order valence-electron chi connectivity index (χ1n) is 6.42. The summed E-state index contributed by atoms with van der Waals surface area (Å²) in [6.45, 7) is -0.686. The van der Waals surface area contributed by atoms with Crippen molar-refractivity contribution in [2.24, 2.45) is 0 Å². The molecule has 1 heterocycles. The Bertz CT molecular complexity index is 754. The van der Waals surface area contributed by atoms with E-state index in [4.69, 9.17) is 9.11 Å². The lowest BCUT2D eigenvalue weighted by Gasteiger charge is -2.06. The number of hydrogen-bond acceptors (Lipinski definition) is 7. The zero-order valence-corrected chi connectivity index (χ0v) is 13.8. The van der Waals surface area contributed by atoms with Crippen molar-refractivity contribution in [2.75, 3.05) is 24.6 Å². The second-order valence-corrected chi connectivity index (χ2v) is 7.64. The highest BCUT2D eigenvalue weighted by Gasteiger charge is 2.14. The maximum atomic E-state index is 11.8. The van der Waals surface area contributed by atoms with Crippen molar-refractivity contribution in [3.63, 3.8) is 0 Å². The zero-order valence-electron chi connectivity index (χ0n) is 12.2. The number of aromatic nitrogens is 1. The second kappa shape index (κ2) is 8.14. The Hall–Kier alpha value is -2.09. The average Bonchev–Trinajstić information content (AvgIpc) is 2.44. The Labute approximate surface area is 138 Å². The number of amides is 2. The van der Waals surface area contributed by atoms with Crippen molar-refractivity contribution in [1.29, 1.82) is 0 Å². The van der Waals surface area contributed by atoms with Crippen molar-refractivity contribution in [3.05, 3.63) is 29.6 Å². The highest BCUT2D eigenvalue weighted by Crippen LogP contribution is 2.00. The average molecular weight is 381 g/mol. The first-order valence-corrected chi connectivity index (χ1v) is 9.63. The molecule has 0 unspecified atom stereocenters. The van der Waals surface area contributed by atoms with E-state index in [1.165, 1.54) is 18.2 Å². The molecule has 0 aliphatic heterocycles. The Morgan fingerprint density at radius 2 is 1.25 bits per heavy atom. The van der Waals surface area contributed by atoms with Gasteiger partial charge in [0.25, 0.3) is 32.1 Å². The van der Waals surface area contributed by atoms with Crippen molar-refractivity contribution < 1.29 is 35.5 Å². The predicted molar refractivity (Wildman–Crippen MR) is 81.7 cm³/mol. The fourth-order valence-electron chi connectivity index (χ4n) is 1.46. The van der Waals surface area contributed by atoms with Gasteiger partial charge in [0.15, 0.2) is 0 Å². The van der Waals surface area contributed by atoms with Gasteiger partial charge in [-0.3, -0.25) is 18.7 Å². The largest absolute Gasteiger partial charge is 0.350 e. The van der Waals surface area contributed by atoms with Crippen LogP contribution in [0.3, 0.4) is 0 Å². The third-order valence-corrected chi connectivity index (χ3v) is 3.95. The molecule has 0 aromatic carbocycles. The maximum Gasteiger partial charge on any atom is 0.269 e. The minimum Gasteiger partial charge on any atom is -0.350 e. The number of nitrogens with zero attached hydrogens (tertiary/aromatic N) is 1. The van der Waals surface area contributed by atoms with Gasteiger partial charge in [-0.2, -0.15) is 16.8 Å². The smallest absolute Gasteiger partial charge is 0.269 e. The summed E-state index contributed by atoms with van der Waals surface area (Å²) in [4.78, 5) is 27.3. The summed E-state index contributed by atoms with van der Waals surface area (Å²) in [5.41, 5.74) is -0.347. The van der Waals surface area contributed by atoms with Gasteiger partial charge in [0.05, 0.1) is 11.5 Å². The molecule has 13 heteroatoms. The van der Waals surface area contributed by atoms with Crippen molar-refractivity contribution >= 4 is 32.1 Å². The van der Waals surface area contributed by atoms with Crippen LogP contribution >= 0.6 is 0 Å². The Balaban J connectivity index is 2.65. The summed E-state index contributed by atoms with van der Waals surface area (Å²) in [6, 6.07) is 3.90. The van der Waals surface area contributed by atoms with Crippen LogP contribution in [0.25, 0.3) is 0 Å². The molecule has 0 radical (unpaired) electrons. The van der Waals surface area contributed by atoms with Gasteiger partial charge in [0, 0.05) is 13.1 Å². The minimum atomic E-state index is -4.21. The molecular weight excluding hydrogens is 366 g/mol. The Morgan fingerprint density at radius 1 is 0.875 bits per heavy atom. The van der Waals surface area contributed by atoms with Crippen LogP contribution in [0.15, 0.2) is 18.2 Å². The molecule has 1 aromatic rings. The zero-order chi connectivity index (χ0) is 18.4. The third-order valence-electron chi connectivity index (χ3n) is 2.51. The van der Waals surface area contributed by atoms with Gasteiger partial charge in [0.1, 0.15) is 11.4 Å². The first kappa shape index (κ1) is 20.0. The van der Waals surface area contributed by atoms with E-state index in [2.05, 4.69) is 15.6 Å². The second-order valence-electron chi connectivity index (χ2n) is 4.49. The van der Waals surface area contributed by atoms with E-state index < -0.39 is 43.6 Å². The van der Waals surface area contributed by atoms with Crippen LogP contribution < -0.4 is 10.6 Å². The number of rotatable bonds is 8. The van der Waals surface area contributed by atoms with Crippen LogP contribution in [0.2, 0.25) is 0 Å². The van der Waals surface area contributed by atoms with Crippen LogP contribution in [0.5, 0.6) is 0 Å². The van der Waals surface area contributed by atoms with E-state index >= 15 is 0 Å². The SMILES string of the molecule is O=C(NCCS(=O)(=O)O)c1cccc(C(=O)NCCS(=O)(=O)O)n1. The molecule has 0 atom stereocenters. The summed E-state index contributed by atoms with van der Waals surface area (Å²) in [6.07, 6.45) is 0. The van der Waals surface area contributed by atoms with Crippen molar-refractivity contribution in [2.45, 2.75) is 0 Å². The highest BCUT2D eigenvalue weighted by molar-refractivity contribution is 7.86. The lowest BCUT2D eigenvalue weighted by molar-refractivity contribution is 0.0947. The Kier molecular flexibility index (Phi) is 6.77. The molecule has 1 aromatic heterocycles. The lowest BCUT2D eigenvalue weighted by atomic mass is 10.2. The minimum absolute atomic E-state index is 0.173. The van der Waals surface area contributed by atoms with Gasteiger partial charge < -0.3 is 10.6 Å². The van der Waals surface area contributed by atoms with E-state index in [0.717, 1.165) is 0 Å². The summed E-state index contributed by atoms with van der Waals surface area (Å²) in [5.74, 6) is -2.86. The maximum absolute atomic E-state index is 11.8. The third kappa shape index (κ3) is 7.96. The summed E-state index contributed by atoms with van der Waals surface area (Å²) < 4.78 is 59.3. The van der Waals surface area contributed by atoms with E-state index in [1.54, 1.807) is 0 Å². The molecule has 134 valence electrons. The molecule has 24 heavy (non-hydrogen) atoms. The van der Waals surface area contributed by atoms with Gasteiger partial charge in [-0.1, -0.05) is 6.07 Å². The molecular formula is C11H15N3O8S2. The van der Waals surface area contributed by atoms with Crippen LogP contribution in [-0.4, -0.2) is 67.3 Å². The Morgan fingerprint density at radius 3 is 1.58 bits per heavy atom. The predicted octanol–water partition coefficient (Wildman–Crippen LogP) is -1.68. The molecule has 11 nitrogen and oxygen atoms in total. The van der Waals surface area contributed by atoms with Crippen molar-refractivity contribution in [1.82, 2.24) is 15.6 Å². The van der Waals surface area contributed by atoms with Gasteiger partial charge in [-0.05, 0) is 12.1 Å². The van der Waals surface area contributed by atoms with Crippen molar-refractivity contribution in [3.8, 4) is 0 Å². The number of carbonyl (C=O) groups excluding carboxylic acids is 2. The highest BCUT2D eigenvalue weighted by atomic mass is 32.2. The standard InChI is InChI=1S/C11H15N3O8S2/c15-10(12-4-6-23(17,18)19)8-2-1-3-9(14-8)11(16)13-5-7-24(20,21)22/h1-3H,4-7H2,(H,12,15)(H,13,16)(H,17,18,19)(H,20,21,22). The quantitative estimate of drug-likeness (QED) is 0.382. The molecule has 4 N–H and O–H groups in total. The molecule has 0 fully saturated rings. The fourth-order valence-corrected chi connectivity index (χ4v) is 2.18. The number of pyridine rings is 1. The van der Waals surface area contributed by atoms with E-state index in [-0.39, 0.29) is 24.5 Å². The normalized spacial score (nSPS) is 11.8.